The van der Waals surface area contributed by atoms with Crippen molar-refractivity contribution in [3.63, 3.8) is 0 Å². The largest absolute Gasteiger partial charge is 0.295 e. The molecule has 1 saturated carbocycles. The van der Waals surface area contributed by atoms with Gasteiger partial charge in [-0.05, 0) is 19.3 Å². The van der Waals surface area contributed by atoms with E-state index in [2.05, 4.69) is 5.32 Å². The van der Waals surface area contributed by atoms with Gasteiger partial charge >= 0.3 is 0 Å². The molecule has 3 fully saturated rings. The molecule has 0 aromatic rings. The molecule has 3 atom stereocenters. The lowest BCUT2D eigenvalue weighted by Crippen LogP contribution is -2.54. The SMILES string of the molecule is O=C1CC[C@@H](N2C(=O)[C@H]3CCCC[C@@H]3C2=O)C(=O)N1. The fourth-order valence-corrected chi connectivity index (χ4v) is 3.42. The van der Waals surface area contributed by atoms with Crippen molar-refractivity contribution in [2.24, 2.45) is 11.8 Å². The Balaban J connectivity index is 1.84. The highest BCUT2D eigenvalue weighted by Crippen LogP contribution is 2.39. The van der Waals surface area contributed by atoms with E-state index >= 15 is 0 Å². The van der Waals surface area contributed by atoms with E-state index in [-0.39, 0.29) is 42.4 Å². The standard InChI is InChI=1S/C13H16N2O4/c16-10-6-5-9(11(17)14-10)15-12(18)7-3-1-2-4-8(7)13(15)19/h7-9H,1-6H2,(H,14,16,17)/t7-,8-,9+/m0/s1. The molecule has 6 nitrogen and oxygen atoms in total. The van der Waals surface area contributed by atoms with Gasteiger partial charge < -0.3 is 0 Å². The quantitative estimate of drug-likeness (QED) is 0.674. The van der Waals surface area contributed by atoms with Crippen LogP contribution in [0.2, 0.25) is 0 Å². The average molecular weight is 264 g/mol. The number of nitrogens with one attached hydrogen (secondary N) is 1. The van der Waals surface area contributed by atoms with Gasteiger partial charge in [-0.1, -0.05) is 12.8 Å². The number of carbonyl (C=O) groups is 4. The number of hydrogen-bond acceptors (Lipinski definition) is 4. The zero-order valence-corrected chi connectivity index (χ0v) is 10.6. The van der Waals surface area contributed by atoms with E-state index in [4.69, 9.17) is 0 Å². The van der Waals surface area contributed by atoms with Crippen LogP contribution in [0.3, 0.4) is 0 Å². The highest BCUT2D eigenvalue weighted by Gasteiger charge is 2.52. The molecule has 3 aliphatic rings. The lowest BCUT2D eigenvalue weighted by molar-refractivity contribution is -0.151. The summed E-state index contributed by atoms with van der Waals surface area (Å²) in [5, 5.41) is 2.20. The first-order valence-corrected chi connectivity index (χ1v) is 6.80. The Morgan fingerprint density at radius 3 is 2.00 bits per heavy atom. The van der Waals surface area contributed by atoms with Crippen molar-refractivity contribution >= 4 is 23.6 Å². The normalized spacial score (nSPS) is 35.4. The van der Waals surface area contributed by atoms with Crippen molar-refractivity contribution in [1.29, 1.82) is 0 Å². The summed E-state index contributed by atoms with van der Waals surface area (Å²) in [6.45, 7) is 0. The molecule has 19 heavy (non-hydrogen) atoms. The summed E-state index contributed by atoms with van der Waals surface area (Å²) in [5.74, 6) is -1.78. The van der Waals surface area contributed by atoms with Crippen molar-refractivity contribution in [3.8, 4) is 0 Å². The molecule has 3 rings (SSSR count). The van der Waals surface area contributed by atoms with E-state index in [1.165, 1.54) is 0 Å². The summed E-state index contributed by atoms with van der Waals surface area (Å²) in [4.78, 5) is 48.7. The minimum atomic E-state index is -0.789. The van der Waals surface area contributed by atoms with Gasteiger partial charge in [0.25, 0.3) is 0 Å². The minimum absolute atomic E-state index is 0.183. The highest BCUT2D eigenvalue weighted by molar-refractivity contribution is 6.10. The molecule has 1 aliphatic carbocycles. The summed E-state index contributed by atoms with van der Waals surface area (Å²) in [6.07, 6.45) is 3.83. The van der Waals surface area contributed by atoms with Gasteiger partial charge in [-0.3, -0.25) is 29.4 Å². The Labute approximate surface area is 110 Å². The van der Waals surface area contributed by atoms with Crippen LogP contribution in [0.1, 0.15) is 38.5 Å². The smallest absolute Gasteiger partial charge is 0.249 e. The third-order valence-electron chi connectivity index (χ3n) is 4.40. The van der Waals surface area contributed by atoms with Crippen LogP contribution >= 0.6 is 0 Å². The second kappa shape index (κ2) is 4.43. The summed E-state index contributed by atoms with van der Waals surface area (Å²) in [6, 6.07) is -0.789. The Morgan fingerprint density at radius 1 is 0.895 bits per heavy atom. The third kappa shape index (κ3) is 1.86. The van der Waals surface area contributed by atoms with E-state index in [0.717, 1.165) is 30.6 Å². The zero-order valence-electron chi connectivity index (χ0n) is 10.6. The highest BCUT2D eigenvalue weighted by atomic mass is 16.2. The predicted octanol–water partition coefficient (Wildman–Crippen LogP) is -0.0332. The molecule has 0 aromatic carbocycles. The number of nitrogens with zero attached hydrogens (tertiary/aromatic N) is 1. The number of likely N-dealkylation sites (tertiary alicyclic amines) is 1. The summed E-state index contributed by atoms with van der Waals surface area (Å²) in [7, 11) is 0. The number of imide groups is 2. The number of hydrogen-bond donors (Lipinski definition) is 1. The van der Waals surface area contributed by atoms with Crippen molar-refractivity contribution in [2.45, 2.75) is 44.6 Å². The summed E-state index contributed by atoms with van der Waals surface area (Å²) < 4.78 is 0. The van der Waals surface area contributed by atoms with Crippen molar-refractivity contribution in [3.05, 3.63) is 0 Å². The van der Waals surface area contributed by atoms with E-state index < -0.39 is 11.9 Å². The molecule has 102 valence electrons. The Kier molecular flexibility index (Phi) is 2.88. The molecule has 6 heteroatoms. The van der Waals surface area contributed by atoms with E-state index in [1.807, 2.05) is 0 Å². The van der Waals surface area contributed by atoms with Crippen molar-refractivity contribution < 1.29 is 19.2 Å². The van der Waals surface area contributed by atoms with Gasteiger partial charge in [-0.25, -0.2) is 0 Å². The van der Waals surface area contributed by atoms with Gasteiger partial charge in [0, 0.05) is 6.42 Å². The molecule has 4 amide bonds. The second-order valence-corrected chi connectivity index (χ2v) is 5.51. The van der Waals surface area contributed by atoms with Crippen molar-refractivity contribution in [1.82, 2.24) is 10.2 Å². The maximum atomic E-state index is 12.3. The Morgan fingerprint density at radius 2 is 1.47 bits per heavy atom. The molecular weight excluding hydrogens is 248 g/mol. The Hall–Kier alpha value is -1.72. The van der Waals surface area contributed by atoms with E-state index in [9.17, 15) is 19.2 Å². The van der Waals surface area contributed by atoms with Crippen LogP contribution in [-0.2, 0) is 19.2 Å². The van der Waals surface area contributed by atoms with Crippen LogP contribution in [0.4, 0.5) is 0 Å². The lowest BCUT2D eigenvalue weighted by atomic mass is 9.81. The summed E-state index contributed by atoms with van der Waals surface area (Å²) >= 11 is 0. The molecule has 2 saturated heterocycles. The monoisotopic (exact) mass is 264 g/mol. The average Bonchev–Trinajstić information content (AvgIpc) is 2.64. The number of rotatable bonds is 1. The molecule has 0 unspecified atom stereocenters. The summed E-state index contributed by atoms with van der Waals surface area (Å²) in [5.41, 5.74) is 0. The minimum Gasteiger partial charge on any atom is -0.295 e. The van der Waals surface area contributed by atoms with Crippen LogP contribution in [0.5, 0.6) is 0 Å². The molecule has 0 radical (unpaired) electrons. The van der Waals surface area contributed by atoms with Gasteiger partial charge in [0.2, 0.25) is 23.6 Å². The number of piperidine rings is 1. The van der Waals surface area contributed by atoms with Crippen LogP contribution in [-0.4, -0.2) is 34.6 Å². The third-order valence-corrected chi connectivity index (χ3v) is 4.40. The molecule has 0 aromatic heterocycles. The van der Waals surface area contributed by atoms with Crippen LogP contribution in [0.25, 0.3) is 0 Å². The van der Waals surface area contributed by atoms with Gasteiger partial charge in [0.05, 0.1) is 11.8 Å². The predicted molar refractivity (Wildman–Crippen MR) is 63.5 cm³/mol. The van der Waals surface area contributed by atoms with Crippen LogP contribution in [0, 0.1) is 11.8 Å². The molecule has 2 aliphatic heterocycles. The first-order valence-electron chi connectivity index (χ1n) is 6.80. The Bertz CT molecular complexity index is 449. The first-order chi connectivity index (χ1) is 9.09. The number of carbonyl (C=O) groups excluding carboxylic acids is 4. The molecule has 0 spiro atoms. The molecule has 1 N–H and O–H groups in total. The molecule has 2 heterocycles. The van der Waals surface area contributed by atoms with Gasteiger partial charge in [-0.15, -0.1) is 0 Å². The second-order valence-electron chi connectivity index (χ2n) is 5.51. The molecular formula is C13H16N2O4. The maximum absolute atomic E-state index is 12.3. The number of fused-ring (bicyclic) bond motifs is 1. The fourth-order valence-electron chi connectivity index (χ4n) is 3.42. The maximum Gasteiger partial charge on any atom is 0.249 e. The zero-order chi connectivity index (χ0) is 13.6. The van der Waals surface area contributed by atoms with Gasteiger partial charge in [0.1, 0.15) is 6.04 Å². The molecule has 0 bridgehead atoms. The van der Waals surface area contributed by atoms with E-state index in [1.54, 1.807) is 0 Å². The number of amides is 4. The topological polar surface area (TPSA) is 83.6 Å². The van der Waals surface area contributed by atoms with Crippen LogP contribution < -0.4 is 5.32 Å². The lowest BCUT2D eigenvalue weighted by Gasteiger charge is -2.28. The van der Waals surface area contributed by atoms with Gasteiger partial charge in [-0.2, -0.15) is 0 Å². The van der Waals surface area contributed by atoms with Crippen molar-refractivity contribution in [2.75, 3.05) is 0 Å². The van der Waals surface area contributed by atoms with Crippen LogP contribution in [0.15, 0.2) is 0 Å². The van der Waals surface area contributed by atoms with E-state index in [0.29, 0.717) is 0 Å². The fraction of sp³-hybridized carbons (Fsp3) is 0.692. The van der Waals surface area contributed by atoms with Gasteiger partial charge in [0.15, 0.2) is 0 Å². The first kappa shape index (κ1) is 12.3.